The fraction of sp³-hybridized carbons (Fsp3) is 0.478. The highest BCUT2D eigenvalue weighted by Crippen LogP contribution is 2.39. The number of carbonyl (C=O) groups is 1. The van der Waals surface area contributed by atoms with Gasteiger partial charge in [-0.3, -0.25) is 9.79 Å². The lowest BCUT2D eigenvalue weighted by molar-refractivity contribution is -0.112. The molecule has 0 saturated heterocycles. The van der Waals surface area contributed by atoms with Gasteiger partial charge in [0.1, 0.15) is 0 Å². The van der Waals surface area contributed by atoms with Gasteiger partial charge < -0.3 is 20.1 Å². The zero-order valence-electron chi connectivity index (χ0n) is 38.2. The SMILES string of the molecule is C/C=C(\C)NC(C)(C)C.C=C/C=C(C)/C=C(\S)C(=O)Nc1cc(C(C)(C)C)cc(NSC)c1OC.C=CC.C=CC.C=CC(C)=NC=C(C)C.CC.CC. The van der Waals surface area contributed by atoms with E-state index in [2.05, 4.69) is 114 Å². The van der Waals surface area contributed by atoms with Gasteiger partial charge in [0.05, 0.1) is 23.4 Å². The zero-order valence-corrected chi connectivity index (χ0v) is 39.9. The summed E-state index contributed by atoms with van der Waals surface area (Å²) in [6, 6.07) is 3.98. The van der Waals surface area contributed by atoms with Gasteiger partial charge in [0.15, 0.2) is 5.75 Å². The van der Waals surface area contributed by atoms with E-state index in [0.717, 1.165) is 22.5 Å². The fourth-order valence-electron chi connectivity index (χ4n) is 3.21. The molecule has 0 fully saturated rings. The molecule has 0 aromatic heterocycles. The van der Waals surface area contributed by atoms with Crippen molar-refractivity contribution < 1.29 is 9.53 Å². The topological polar surface area (TPSA) is 74.8 Å². The first kappa shape index (κ1) is 62.4. The molecule has 8 heteroatoms. The lowest BCUT2D eigenvalue weighted by atomic mass is 9.86. The van der Waals surface area contributed by atoms with Crippen molar-refractivity contribution in [3.05, 3.63) is 114 Å². The second-order valence-electron chi connectivity index (χ2n) is 13.1. The summed E-state index contributed by atoms with van der Waals surface area (Å²) in [4.78, 5) is 16.9. The molecule has 0 aliphatic rings. The monoisotopic (exact) mass is 787 g/mol. The molecule has 1 amide bonds. The maximum atomic E-state index is 12.6. The summed E-state index contributed by atoms with van der Waals surface area (Å²) >= 11 is 5.78. The lowest BCUT2D eigenvalue weighted by Crippen LogP contribution is -2.33. The van der Waals surface area contributed by atoms with Crippen LogP contribution in [0.2, 0.25) is 0 Å². The second-order valence-corrected chi connectivity index (χ2v) is 14.2. The van der Waals surface area contributed by atoms with Crippen LogP contribution in [0.1, 0.15) is 130 Å². The van der Waals surface area contributed by atoms with Crippen molar-refractivity contribution in [3.63, 3.8) is 0 Å². The third-order valence-corrected chi connectivity index (χ3v) is 6.18. The Balaban J connectivity index is -0.000000168. The molecular formula is C46H82N4O2S2. The predicted molar refractivity (Wildman–Crippen MR) is 258 cm³/mol. The van der Waals surface area contributed by atoms with Crippen LogP contribution < -0.4 is 20.1 Å². The number of anilines is 2. The number of rotatable bonds is 10. The molecule has 0 atom stereocenters. The number of nitrogens with one attached hydrogen (secondary N) is 3. The lowest BCUT2D eigenvalue weighted by Gasteiger charge is -2.23. The Morgan fingerprint density at radius 1 is 0.870 bits per heavy atom. The zero-order chi connectivity index (χ0) is 44.1. The molecule has 1 aromatic carbocycles. The van der Waals surface area contributed by atoms with Gasteiger partial charge >= 0.3 is 0 Å². The highest BCUT2D eigenvalue weighted by Gasteiger charge is 2.21. The van der Waals surface area contributed by atoms with Crippen molar-refractivity contribution in [2.75, 3.05) is 23.4 Å². The predicted octanol–water partition coefficient (Wildman–Crippen LogP) is 14.9. The molecule has 1 rings (SSSR count). The van der Waals surface area contributed by atoms with Crippen LogP contribution >= 0.6 is 24.6 Å². The van der Waals surface area contributed by atoms with Gasteiger partial charge in [-0.05, 0) is 117 Å². The van der Waals surface area contributed by atoms with E-state index in [-0.39, 0.29) is 16.9 Å². The Morgan fingerprint density at radius 3 is 1.65 bits per heavy atom. The Morgan fingerprint density at radius 2 is 1.33 bits per heavy atom. The quantitative estimate of drug-likeness (QED) is 0.0475. The minimum atomic E-state index is -0.301. The van der Waals surface area contributed by atoms with Crippen LogP contribution in [0.25, 0.3) is 0 Å². The number of methoxy groups -OCH3 is 1. The number of aliphatic imine (C=N–C) groups is 1. The summed E-state index contributed by atoms with van der Waals surface area (Å²) in [6.45, 7) is 50.5. The number of thiol groups is 1. The third-order valence-electron chi connectivity index (χ3n) is 5.42. The van der Waals surface area contributed by atoms with Crippen LogP contribution in [-0.2, 0) is 10.2 Å². The van der Waals surface area contributed by atoms with Crippen molar-refractivity contribution in [1.29, 1.82) is 0 Å². The molecule has 0 spiro atoms. The van der Waals surface area contributed by atoms with Crippen LogP contribution in [0.3, 0.4) is 0 Å². The standard InChI is InChI=1S/C20H28N2O2S2.C8H17N.C8H13N.2C3H6.2C2H6/c1-8-9-13(2)10-17(25)19(23)21-15-11-14(20(3,4)5)12-16(22-26-7)18(15)24-6;1-6-7(2)9-8(3,4)5;1-5-8(4)9-6-7(2)3;2*1-3-2;2*1-2/h8-12,22,25H,1H2,2-7H3,(H,21,23);6,9H,1-5H3;5-6H,1H2,2-4H3;2*3H,1H2,2H3;2*1-2H3/b13-9+,17-10-;7-6+;;;;;. The number of nitrogens with zero attached hydrogens (tertiary/aromatic N) is 1. The summed E-state index contributed by atoms with van der Waals surface area (Å²) in [6.07, 6.45) is 16.2. The van der Waals surface area contributed by atoms with E-state index < -0.39 is 0 Å². The van der Waals surface area contributed by atoms with E-state index in [9.17, 15) is 4.79 Å². The van der Waals surface area contributed by atoms with Crippen molar-refractivity contribution in [1.82, 2.24) is 5.32 Å². The molecule has 0 aliphatic carbocycles. The van der Waals surface area contributed by atoms with Crippen LogP contribution in [0, 0.1) is 0 Å². The molecule has 0 unspecified atom stereocenters. The third kappa shape index (κ3) is 39.6. The number of hydrogen-bond donors (Lipinski definition) is 4. The first-order valence-corrected chi connectivity index (χ1v) is 20.1. The molecule has 3 N–H and O–H groups in total. The molecule has 0 saturated carbocycles. The van der Waals surface area contributed by atoms with Crippen molar-refractivity contribution in [2.24, 2.45) is 4.99 Å². The average Bonchev–Trinajstić information content (AvgIpc) is 3.09. The minimum absolute atomic E-state index is 0.0799. The summed E-state index contributed by atoms with van der Waals surface area (Å²) in [5.41, 5.74) is 6.91. The van der Waals surface area contributed by atoms with Crippen LogP contribution in [-0.4, -0.2) is 30.5 Å². The Labute approximate surface area is 345 Å². The maximum Gasteiger partial charge on any atom is 0.261 e. The van der Waals surface area contributed by atoms with Gasteiger partial charge in [-0.2, -0.15) is 0 Å². The maximum absolute atomic E-state index is 12.6. The number of hydrogen-bond acceptors (Lipinski definition) is 7. The Kier molecular flexibility index (Phi) is 45.1. The van der Waals surface area contributed by atoms with Gasteiger partial charge in [-0.1, -0.05) is 110 Å². The molecule has 6 nitrogen and oxygen atoms in total. The number of amides is 1. The number of carbonyl (C=O) groups excluding carboxylic acids is 1. The molecule has 310 valence electrons. The molecule has 0 bridgehead atoms. The highest BCUT2D eigenvalue weighted by molar-refractivity contribution is 7.99. The van der Waals surface area contributed by atoms with Crippen molar-refractivity contribution in [2.45, 2.75) is 136 Å². The van der Waals surface area contributed by atoms with Gasteiger partial charge in [-0.15, -0.1) is 25.8 Å². The summed E-state index contributed by atoms with van der Waals surface area (Å²) in [7, 11) is 1.58. The molecule has 54 heavy (non-hydrogen) atoms. The van der Waals surface area contributed by atoms with E-state index in [1.165, 1.54) is 23.2 Å². The number of benzene rings is 1. The minimum Gasteiger partial charge on any atom is -0.492 e. The van der Waals surface area contributed by atoms with E-state index in [1.807, 2.05) is 107 Å². The second kappa shape index (κ2) is 39.1. The largest absolute Gasteiger partial charge is 0.492 e. The average molecular weight is 787 g/mol. The number of allylic oxidation sites excluding steroid dienone is 10. The van der Waals surface area contributed by atoms with Crippen LogP contribution in [0.15, 0.2) is 114 Å². The van der Waals surface area contributed by atoms with Gasteiger partial charge in [0.2, 0.25) is 0 Å². The fourth-order valence-corrected chi connectivity index (χ4v) is 3.84. The molecule has 0 heterocycles. The van der Waals surface area contributed by atoms with Gasteiger partial charge in [0, 0.05) is 29.4 Å². The molecule has 1 aromatic rings. The normalized spacial score (nSPS) is 10.8. The molecular weight excluding hydrogens is 705 g/mol. The highest BCUT2D eigenvalue weighted by atomic mass is 32.2. The molecule has 0 aliphatic heterocycles. The van der Waals surface area contributed by atoms with Gasteiger partial charge in [0.25, 0.3) is 5.91 Å². The van der Waals surface area contributed by atoms with E-state index in [1.54, 1.807) is 37.5 Å². The van der Waals surface area contributed by atoms with Crippen LogP contribution in [0.4, 0.5) is 11.4 Å². The van der Waals surface area contributed by atoms with E-state index in [0.29, 0.717) is 16.3 Å². The first-order chi connectivity index (χ1) is 25.1. The van der Waals surface area contributed by atoms with Gasteiger partial charge in [-0.25, -0.2) is 0 Å². The number of ether oxygens (including phenoxy) is 1. The first-order valence-electron chi connectivity index (χ1n) is 18.5. The summed E-state index contributed by atoms with van der Waals surface area (Å²) in [5.74, 6) is 0.282. The van der Waals surface area contributed by atoms with Crippen molar-refractivity contribution in [3.8, 4) is 5.75 Å². The van der Waals surface area contributed by atoms with E-state index in [4.69, 9.17) is 4.74 Å². The summed E-state index contributed by atoms with van der Waals surface area (Å²) in [5, 5.41) is 6.24. The van der Waals surface area contributed by atoms with E-state index >= 15 is 0 Å². The smallest absolute Gasteiger partial charge is 0.261 e. The Bertz CT molecular complexity index is 1330. The van der Waals surface area contributed by atoms with Crippen molar-refractivity contribution >= 4 is 47.6 Å². The molecule has 0 radical (unpaired) electrons. The summed E-state index contributed by atoms with van der Waals surface area (Å²) < 4.78 is 8.76. The van der Waals surface area contributed by atoms with Crippen LogP contribution in [0.5, 0.6) is 5.75 Å². The Hall–Kier alpha value is -3.62.